The number of rotatable bonds is 5. The fourth-order valence-corrected chi connectivity index (χ4v) is 4.83. The topological polar surface area (TPSA) is 92.8 Å². The molecular formula is C19H20N2O5S. The van der Waals surface area contributed by atoms with Gasteiger partial charge in [-0.3, -0.25) is 9.10 Å². The van der Waals surface area contributed by atoms with Crippen LogP contribution in [0.4, 0.5) is 5.69 Å². The predicted molar refractivity (Wildman–Crippen MR) is 100 cm³/mol. The maximum Gasteiger partial charge on any atom is 0.338 e. The first-order valence-corrected chi connectivity index (χ1v) is 9.88. The Morgan fingerprint density at radius 1 is 1.19 bits per heavy atom. The zero-order valence-electron chi connectivity index (χ0n) is 15.0. The van der Waals surface area contributed by atoms with E-state index in [0.717, 1.165) is 5.56 Å². The molecule has 0 spiro atoms. The molecule has 142 valence electrons. The Labute approximate surface area is 158 Å². The molecule has 0 unspecified atom stereocenters. The van der Waals surface area contributed by atoms with Crippen LogP contribution >= 0.6 is 0 Å². The van der Waals surface area contributed by atoms with Crippen LogP contribution in [0.2, 0.25) is 0 Å². The summed E-state index contributed by atoms with van der Waals surface area (Å²) in [5.74, 6) is -1.21. The van der Waals surface area contributed by atoms with Crippen molar-refractivity contribution in [3.63, 3.8) is 0 Å². The monoisotopic (exact) mass is 388 g/mol. The van der Waals surface area contributed by atoms with Crippen LogP contribution in [-0.2, 0) is 26.0 Å². The van der Waals surface area contributed by atoms with E-state index in [4.69, 9.17) is 4.74 Å². The average molecular weight is 388 g/mol. The van der Waals surface area contributed by atoms with Crippen molar-refractivity contribution in [3.8, 4) is 0 Å². The summed E-state index contributed by atoms with van der Waals surface area (Å²) in [5.41, 5.74) is 1.69. The molecule has 3 rings (SSSR count). The summed E-state index contributed by atoms with van der Waals surface area (Å²) < 4.78 is 32.7. The van der Waals surface area contributed by atoms with Crippen LogP contribution in [0, 0.1) is 0 Å². The van der Waals surface area contributed by atoms with Gasteiger partial charge in [0.2, 0.25) is 0 Å². The number of sulfonamides is 1. The molecule has 2 aromatic carbocycles. The number of nitrogens with one attached hydrogen (secondary N) is 1. The van der Waals surface area contributed by atoms with E-state index in [9.17, 15) is 18.0 Å². The Kier molecular flexibility index (Phi) is 5.18. The normalized spacial score (nSPS) is 15.9. The minimum atomic E-state index is -3.85. The number of benzene rings is 2. The van der Waals surface area contributed by atoms with E-state index in [1.54, 1.807) is 12.1 Å². The van der Waals surface area contributed by atoms with Crippen LogP contribution < -0.4 is 9.62 Å². The van der Waals surface area contributed by atoms with E-state index in [2.05, 4.69) is 5.32 Å². The fourth-order valence-electron chi connectivity index (χ4n) is 3.09. The van der Waals surface area contributed by atoms with E-state index < -0.39 is 28.5 Å². The van der Waals surface area contributed by atoms with Gasteiger partial charge in [-0.2, -0.15) is 0 Å². The van der Waals surface area contributed by atoms with E-state index in [0.29, 0.717) is 12.1 Å². The SMILES string of the molecule is CNC(=O)COC(=O)c1cccc(S(=O)(=O)N2c3ccccc3C[C@@H]2C)c1. The van der Waals surface area contributed by atoms with Crippen molar-refractivity contribution in [1.29, 1.82) is 0 Å². The number of para-hydroxylation sites is 1. The number of fused-ring (bicyclic) bond motifs is 1. The number of hydrogen-bond donors (Lipinski definition) is 1. The molecule has 27 heavy (non-hydrogen) atoms. The number of likely N-dealkylation sites (N-methyl/N-ethyl adjacent to an activating group) is 1. The average Bonchev–Trinajstić information content (AvgIpc) is 3.02. The van der Waals surface area contributed by atoms with Gasteiger partial charge in [-0.1, -0.05) is 24.3 Å². The maximum absolute atomic E-state index is 13.2. The molecule has 7 nitrogen and oxygen atoms in total. The van der Waals surface area contributed by atoms with Crippen LogP contribution in [0.15, 0.2) is 53.4 Å². The molecule has 0 radical (unpaired) electrons. The van der Waals surface area contributed by atoms with Crippen molar-refractivity contribution >= 4 is 27.6 Å². The molecule has 1 heterocycles. The second-order valence-electron chi connectivity index (χ2n) is 6.26. The van der Waals surface area contributed by atoms with Crippen molar-refractivity contribution in [2.75, 3.05) is 18.0 Å². The summed E-state index contributed by atoms with van der Waals surface area (Å²) >= 11 is 0. The number of carbonyl (C=O) groups excluding carboxylic acids is 2. The van der Waals surface area contributed by atoms with E-state index >= 15 is 0 Å². The largest absolute Gasteiger partial charge is 0.452 e. The van der Waals surface area contributed by atoms with Crippen LogP contribution in [-0.4, -0.2) is 40.0 Å². The molecule has 0 saturated carbocycles. The molecule has 1 atom stereocenters. The standard InChI is InChI=1S/C19H20N2O5S/c1-13-10-14-6-3-4-9-17(14)21(13)27(24,25)16-8-5-7-15(11-16)19(23)26-12-18(22)20-2/h3-9,11,13H,10,12H2,1-2H3,(H,20,22)/t13-/m0/s1. The lowest BCUT2D eigenvalue weighted by atomic mass is 10.1. The molecule has 1 aliphatic heterocycles. The second kappa shape index (κ2) is 7.40. The Hall–Kier alpha value is -2.87. The van der Waals surface area contributed by atoms with Gasteiger partial charge in [0.25, 0.3) is 15.9 Å². The first kappa shape index (κ1) is 18.9. The highest BCUT2D eigenvalue weighted by Crippen LogP contribution is 2.36. The van der Waals surface area contributed by atoms with Crippen LogP contribution in [0.1, 0.15) is 22.8 Å². The highest BCUT2D eigenvalue weighted by molar-refractivity contribution is 7.92. The predicted octanol–water partition coefficient (Wildman–Crippen LogP) is 1.73. The van der Waals surface area contributed by atoms with Gasteiger partial charge in [0.15, 0.2) is 6.61 Å². The molecule has 0 fully saturated rings. The molecule has 0 saturated heterocycles. The van der Waals surface area contributed by atoms with Gasteiger partial charge >= 0.3 is 5.97 Å². The van der Waals surface area contributed by atoms with Crippen LogP contribution in [0.5, 0.6) is 0 Å². The quantitative estimate of drug-likeness (QED) is 0.788. The summed E-state index contributed by atoms with van der Waals surface area (Å²) in [6, 6.07) is 12.8. The van der Waals surface area contributed by atoms with Crippen LogP contribution in [0.25, 0.3) is 0 Å². The molecule has 1 amide bonds. The van der Waals surface area contributed by atoms with Crippen molar-refractivity contribution in [2.45, 2.75) is 24.3 Å². The van der Waals surface area contributed by atoms with E-state index in [1.165, 1.54) is 35.6 Å². The number of amides is 1. The number of nitrogens with zero attached hydrogens (tertiary/aromatic N) is 1. The summed E-state index contributed by atoms with van der Waals surface area (Å²) in [6.07, 6.45) is 0.628. The molecule has 1 N–H and O–H groups in total. The third kappa shape index (κ3) is 3.66. The Morgan fingerprint density at radius 2 is 1.93 bits per heavy atom. The molecule has 2 aromatic rings. The summed E-state index contributed by atoms with van der Waals surface area (Å²) in [4.78, 5) is 23.3. The van der Waals surface area contributed by atoms with Crippen molar-refractivity contribution in [3.05, 3.63) is 59.7 Å². The van der Waals surface area contributed by atoms with Gasteiger partial charge in [0, 0.05) is 13.1 Å². The third-order valence-corrected chi connectivity index (χ3v) is 6.31. The Bertz CT molecular complexity index is 987. The first-order chi connectivity index (χ1) is 12.8. The third-order valence-electron chi connectivity index (χ3n) is 4.38. The number of esters is 1. The van der Waals surface area contributed by atoms with Crippen molar-refractivity contribution in [2.24, 2.45) is 0 Å². The lowest BCUT2D eigenvalue weighted by Gasteiger charge is -2.24. The summed E-state index contributed by atoms with van der Waals surface area (Å²) in [5, 5.41) is 2.34. The highest BCUT2D eigenvalue weighted by Gasteiger charge is 2.36. The molecule has 0 aliphatic carbocycles. The smallest absolute Gasteiger partial charge is 0.338 e. The molecular weight excluding hydrogens is 368 g/mol. The van der Waals surface area contributed by atoms with E-state index in [1.807, 2.05) is 19.1 Å². The van der Waals surface area contributed by atoms with Gasteiger partial charge in [0.1, 0.15) is 0 Å². The first-order valence-electron chi connectivity index (χ1n) is 8.44. The summed E-state index contributed by atoms with van der Waals surface area (Å²) in [6.45, 7) is 1.42. The zero-order chi connectivity index (χ0) is 19.6. The van der Waals surface area contributed by atoms with Crippen molar-refractivity contribution in [1.82, 2.24) is 5.32 Å². The van der Waals surface area contributed by atoms with Gasteiger partial charge < -0.3 is 10.1 Å². The molecule has 1 aliphatic rings. The zero-order valence-corrected chi connectivity index (χ0v) is 15.8. The van der Waals surface area contributed by atoms with Crippen molar-refractivity contribution < 1.29 is 22.7 Å². The number of hydrogen-bond acceptors (Lipinski definition) is 5. The molecule has 0 bridgehead atoms. The molecule has 8 heteroatoms. The lowest BCUT2D eigenvalue weighted by molar-refractivity contribution is -0.123. The Morgan fingerprint density at radius 3 is 2.67 bits per heavy atom. The van der Waals surface area contributed by atoms with Gasteiger partial charge in [-0.25, -0.2) is 13.2 Å². The Balaban J connectivity index is 1.90. The maximum atomic E-state index is 13.2. The molecule has 0 aromatic heterocycles. The van der Waals surface area contributed by atoms with E-state index in [-0.39, 0.29) is 16.5 Å². The lowest BCUT2D eigenvalue weighted by Crippen LogP contribution is -2.35. The number of ether oxygens (including phenoxy) is 1. The minimum absolute atomic E-state index is 0.000413. The highest BCUT2D eigenvalue weighted by atomic mass is 32.2. The van der Waals surface area contributed by atoms with Crippen LogP contribution in [0.3, 0.4) is 0 Å². The summed E-state index contributed by atoms with van der Waals surface area (Å²) in [7, 11) is -2.42. The number of anilines is 1. The van der Waals surface area contributed by atoms with Gasteiger partial charge in [0.05, 0.1) is 16.1 Å². The van der Waals surface area contributed by atoms with Gasteiger partial charge in [-0.05, 0) is 43.2 Å². The minimum Gasteiger partial charge on any atom is -0.452 e. The number of carbonyl (C=O) groups is 2. The fraction of sp³-hybridized carbons (Fsp3) is 0.263. The second-order valence-corrected chi connectivity index (χ2v) is 8.07. The van der Waals surface area contributed by atoms with Gasteiger partial charge in [-0.15, -0.1) is 0 Å².